The van der Waals surface area contributed by atoms with E-state index in [9.17, 15) is 0 Å². The van der Waals surface area contributed by atoms with Crippen molar-refractivity contribution in [1.82, 2.24) is 9.78 Å². The Kier molecular flexibility index (Phi) is 1.55. The fourth-order valence-corrected chi connectivity index (χ4v) is 0.992. The molecule has 1 aromatic carbocycles. The van der Waals surface area contributed by atoms with E-state index in [1.807, 2.05) is 30.3 Å². The van der Waals surface area contributed by atoms with Crippen LogP contribution in [0.4, 0.5) is 0 Å². The number of aromatic nitrogens is 2. The molecular formula is C9H7N2O. The molecule has 0 aliphatic carbocycles. The van der Waals surface area contributed by atoms with Gasteiger partial charge in [0, 0.05) is 0 Å². The molecule has 0 bridgehead atoms. The minimum atomic E-state index is 0.0545. The molecule has 1 aromatic heterocycles. The van der Waals surface area contributed by atoms with Crippen LogP contribution in [0.25, 0.3) is 5.69 Å². The molecule has 0 amide bonds. The second kappa shape index (κ2) is 2.70. The number of hydrogen-bond acceptors (Lipinski definition) is 2. The van der Waals surface area contributed by atoms with Gasteiger partial charge >= 0.3 is 0 Å². The zero-order valence-corrected chi connectivity index (χ0v) is 6.31. The summed E-state index contributed by atoms with van der Waals surface area (Å²) in [4.78, 5) is 0. The third kappa shape index (κ3) is 1.16. The van der Waals surface area contributed by atoms with Crippen molar-refractivity contribution < 1.29 is 5.11 Å². The average molecular weight is 159 g/mol. The maximum atomic E-state index is 8.98. The van der Waals surface area contributed by atoms with Crippen LogP contribution in [0.2, 0.25) is 0 Å². The van der Waals surface area contributed by atoms with E-state index in [0.717, 1.165) is 5.69 Å². The maximum Gasteiger partial charge on any atom is 0.164 e. The fourth-order valence-electron chi connectivity index (χ4n) is 0.992. The van der Waals surface area contributed by atoms with Crippen molar-refractivity contribution in [2.75, 3.05) is 0 Å². The van der Waals surface area contributed by atoms with Gasteiger partial charge in [0.15, 0.2) is 11.9 Å². The van der Waals surface area contributed by atoms with Gasteiger partial charge < -0.3 is 5.11 Å². The summed E-state index contributed by atoms with van der Waals surface area (Å²) in [6.45, 7) is 0. The summed E-state index contributed by atoms with van der Waals surface area (Å²) < 4.78 is 1.56. The molecule has 2 rings (SSSR count). The van der Waals surface area contributed by atoms with E-state index in [1.165, 1.54) is 6.20 Å². The Labute approximate surface area is 69.9 Å². The lowest BCUT2D eigenvalue weighted by molar-refractivity contribution is 0.474. The highest BCUT2D eigenvalue weighted by Crippen LogP contribution is 2.09. The van der Waals surface area contributed by atoms with Gasteiger partial charge in [0.25, 0.3) is 0 Å². The summed E-state index contributed by atoms with van der Waals surface area (Å²) in [6.07, 6.45) is 3.94. The average Bonchev–Trinajstić information content (AvgIpc) is 2.54. The molecule has 59 valence electrons. The largest absolute Gasteiger partial charge is 0.504 e. The number of benzene rings is 1. The quantitative estimate of drug-likeness (QED) is 0.682. The third-order valence-corrected chi connectivity index (χ3v) is 1.54. The second-order valence-electron chi connectivity index (χ2n) is 2.41. The fraction of sp³-hybridized carbons (Fsp3) is 0. The van der Waals surface area contributed by atoms with Crippen molar-refractivity contribution in [2.24, 2.45) is 0 Å². The summed E-state index contributed by atoms with van der Waals surface area (Å²) in [5.74, 6) is 0.0545. The zero-order valence-electron chi connectivity index (χ0n) is 6.31. The highest BCUT2D eigenvalue weighted by molar-refractivity contribution is 5.31. The molecule has 1 heterocycles. The van der Waals surface area contributed by atoms with Crippen molar-refractivity contribution in [2.45, 2.75) is 0 Å². The first-order valence-corrected chi connectivity index (χ1v) is 3.58. The van der Waals surface area contributed by atoms with Gasteiger partial charge in [-0.3, -0.25) is 0 Å². The molecule has 2 aromatic rings. The minimum Gasteiger partial charge on any atom is -0.504 e. The smallest absolute Gasteiger partial charge is 0.164 e. The van der Waals surface area contributed by atoms with Gasteiger partial charge in [-0.25, -0.2) is 4.68 Å². The van der Waals surface area contributed by atoms with Crippen LogP contribution in [-0.4, -0.2) is 14.9 Å². The van der Waals surface area contributed by atoms with Crippen molar-refractivity contribution >= 4 is 0 Å². The molecule has 0 saturated carbocycles. The van der Waals surface area contributed by atoms with Crippen LogP contribution in [0.15, 0.2) is 36.5 Å². The predicted octanol–water partition coefficient (Wildman–Crippen LogP) is 1.38. The van der Waals surface area contributed by atoms with E-state index >= 15 is 0 Å². The van der Waals surface area contributed by atoms with E-state index < -0.39 is 0 Å². The van der Waals surface area contributed by atoms with Crippen molar-refractivity contribution in [3.05, 3.63) is 42.7 Å². The lowest BCUT2D eigenvalue weighted by Crippen LogP contribution is -1.92. The first-order valence-electron chi connectivity index (χ1n) is 3.58. The van der Waals surface area contributed by atoms with Crippen LogP contribution in [0, 0.1) is 6.20 Å². The summed E-state index contributed by atoms with van der Waals surface area (Å²) in [7, 11) is 0. The first-order chi connectivity index (χ1) is 5.86. The molecule has 0 aliphatic heterocycles. The number of nitrogens with zero attached hydrogens (tertiary/aromatic N) is 2. The van der Waals surface area contributed by atoms with Gasteiger partial charge in [-0.15, -0.1) is 0 Å². The van der Waals surface area contributed by atoms with Gasteiger partial charge in [0.05, 0.1) is 11.9 Å². The molecule has 3 heteroatoms. The molecule has 0 unspecified atom stereocenters. The SMILES string of the molecule is Oc1[c]nn(-c2ccccc2)c1. The summed E-state index contributed by atoms with van der Waals surface area (Å²) in [5.41, 5.74) is 0.911. The van der Waals surface area contributed by atoms with E-state index in [-0.39, 0.29) is 5.75 Å². The van der Waals surface area contributed by atoms with E-state index in [0.29, 0.717) is 0 Å². The second-order valence-corrected chi connectivity index (χ2v) is 2.41. The Bertz CT molecular complexity index is 367. The van der Waals surface area contributed by atoms with Crippen LogP contribution >= 0.6 is 0 Å². The van der Waals surface area contributed by atoms with E-state index in [4.69, 9.17) is 5.11 Å². The van der Waals surface area contributed by atoms with Crippen molar-refractivity contribution in [3.8, 4) is 11.4 Å². The monoisotopic (exact) mass is 159 g/mol. The lowest BCUT2D eigenvalue weighted by atomic mass is 10.3. The third-order valence-electron chi connectivity index (χ3n) is 1.54. The molecule has 3 nitrogen and oxygen atoms in total. The van der Waals surface area contributed by atoms with Gasteiger partial charge in [-0.1, -0.05) is 18.2 Å². The van der Waals surface area contributed by atoms with E-state index in [2.05, 4.69) is 11.3 Å². The first kappa shape index (κ1) is 6.91. The van der Waals surface area contributed by atoms with Gasteiger partial charge in [-0.05, 0) is 12.1 Å². The van der Waals surface area contributed by atoms with Crippen molar-refractivity contribution in [3.63, 3.8) is 0 Å². The van der Waals surface area contributed by atoms with Crippen LogP contribution in [0.3, 0.4) is 0 Å². The van der Waals surface area contributed by atoms with Crippen LogP contribution < -0.4 is 0 Å². The molecule has 0 aliphatic rings. The van der Waals surface area contributed by atoms with Crippen molar-refractivity contribution in [1.29, 1.82) is 0 Å². The summed E-state index contributed by atoms with van der Waals surface area (Å²) >= 11 is 0. The molecule has 0 fully saturated rings. The molecule has 1 N–H and O–H groups in total. The highest BCUT2D eigenvalue weighted by atomic mass is 16.3. The molecule has 0 atom stereocenters. The molecule has 0 spiro atoms. The normalized spacial score (nSPS) is 10.0. The zero-order chi connectivity index (χ0) is 8.39. The predicted molar refractivity (Wildman–Crippen MR) is 44.1 cm³/mol. The lowest BCUT2D eigenvalue weighted by Gasteiger charge is -1.97. The Morgan fingerprint density at radius 3 is 2.58 bits per heavy atom. The van der Waals surface area contributed by atoms with Gasteiger partial charge in [0.2, 0.25) is 0 Å². The Morgan fingerprint density at radius 2 is 2.00 bits per heavy atom. The van der Waals surface area contributed by atoms with Gasteiger partial charge in [-0.2, -0.15) is 5.10 Å². The molecule has 0 saturated heterocycles. The topological polar surface area (TPSA) is 38.1 Å². The maximum absolute atomic E-state index is 8.98. The number of aromatic hydroxyl groups is 1. The molecular weight excluding hydrogens is 152 g/mol. The van der Waals surface area contributed by atoms with E-state index in [1.54, 1.807) is 4.68 Å². The van der Waals surface area contributed by atoms with Crippen LogP contribution in [-0.2, 0) is 0 Å². The molecule has 12 heavy (non-hydrogen) atoms. The summed E-state index contributed by atoms with van der Waals surface area (Å²) in [6, 6.07) is 9.55. The number of hydrogen-bond donors (Lipinski definition) is 1. The number of para-hydroxylation sites is 1. The molecule has 1 radical (unpaired) electrons. The highest BCUT2D eigenvalue weighted by Gasteiger charge is 1.97. The summed E-state index contributed by atoms with van der Waals surface area (Å²) in [5, 5.41) is 12.8. The minimum absolute atomic E-state index is 0.0545. The Morgan fingerprint density at radius 1 is 1.25 bits per heavy atom. The Balaban J connectivity index is 2.45. The van der Waals surface area contributed by atoms with Crippen LogP contribution in [0.1, 0.15) is 0 Å². The Hall–Kier alpha value is -1.77. The number of rotatable bonds is 1. The standard InChI is InChI=1S/C9H7N2O/c12-9-6-10-11(7-9)8-4-2-1-3-5-8/h1-5,7,12H. The van der Waals surface area contributed by atoms with Gasteiger partial charge in [0.1, 0.15) is 0 Å². The van der Waals surface area contributed by atoms with Crippen LogP contribution in [0.5, 0.6) is 5.75 Å².